The Balaban J connectivity index is 0.000000396. The van der Waals surface area contributed by atoms with Gasteiger partial charge in [0.05, 0.1) is 29.8 Å². The van der Waals surface area contributed by atoms with Crippen molar-refractivity contribution in [2.24, 2.45) is 14.1 Å². The zero-order valence-electron chi connectivity index (χ0n) is 17.1. The first-order chi connectivity index (χ1) is 13.9. The first kappa shape index (κ1) is 23.4. The van der Waals surface area contributed by atoms with Gasteiger partial charge in [-0.25, -0.2) is 9.78 Å². The van der Waals surface area contributed by atoms with Crippen LogP contribution in [0.5, 0.6) is 0 Å². The molecule has 9 nitrogen and oxygen atoms in total. The van der Waals surface area contributed by atoms with Crippen LogP contribution in [-0.2, 0) is 36.8 Å². The van der Waals surface area contributed by atoms with E-state index >= 15 is 0 Å². The lowest BCUT2D eigenvalue weighted by molar-refractivity contribution is -0.192. The molecule has 1 aliphatic heterocycles. The number of rotatable bonds is 4. The van der Waals surface area contributed by atoms with Gasteiger partial charge in [-0.15, -0.1) is 0 Å². The average molecular weight is 430 g/mol. The number of nitrogens with zero attached hydrogens (tertiary/aromatic N) is 5. The highest BCUT2D eigenvalue weighted by Crippen LogP contribution is 2.28. The molecule has 1 aliphatic rings. The second-order valence-corrected chi connectivity index (χ2v) is 7.40. The van der Waals surface area contributed by atoms with Crippen molar-refractivity contribution in [3.63, 3.8) is 0 Å². The zero-order valence-corrected chi connectivity index (χ0v) is 17.1. The number of aliphatic carboxylic acids is 1. The van der Waals surface area contributed by atoms with E-state index in [4.69, 9.17) is 9.90 Å². The molecule has 1 atom stereocenters. The Labute approximate surface area is 171 Å². The molecule has 166 valence electrons. The molecule has 2 aromatic rings. The molecule has 1 unspecified atom stereocenters. The summed E-state index contributed by atoms with van der Waals surface area (Å²) in [5.74, 6) is -2.88. The fourth-order valence-electron chi connectivity index (χ4n) is 3.20. The van der Waals surface area contributed by atoms with E-state index in [0.717, 1.165) is 30.0 Å². The van der Waals surface area contributed by atoms with E-state index in [9.17, 15) is 18.0 Å². The molecule has 0 bridgehead atoms. The third kappa shape index (κ3) is 6.05. The van der Waals surface area contributed by atoms with Crippen LogP contribution in [0.15, 0.2) is 18.7 Å². The Kier molecular flexibility index (Phi) is 7.24. The number of halogens is 3. The van der Waals surface area contributed by atoms with Gasteiger partial charge in [-0.3, -0.25) is 14.4 Å². The van der Waals surface area contributed by atoms with Gasteiger partial charge < -0.3 is 15.0 Å². The summed E-state index contributed by atoms with van der Waals surface area (Å²) in [6.45, 7) is 6.20. The summed E-state index contributed by atoms with van der Waals surface area (Å²) in [6, 6.07) is 0.132. The third-order valence-electron chi connectivity index (χ3n) is 4.36. The summed E-state index contributed by atoms with van der Waals surface area (Å²) < 4.78 is 35.5. The lowest BCUT2D eigenvalue weighted by Gasteiger charge is -2.32. The molecule has 0 saturated carbocycles. The maximum atomic E-state index is 12.6. The van der Waals surface area contributed by atoms with Gasteiger partial charge in [0.25, 0.3) is 0 Å². The summed E-state index contributed by atoms with van der Waals surface area (Å²) in [5.41, 5.74) is 3.17. The number of fused-ring (bicyclic) bond motifs is 1. The van der Waals surface area contributed by atoms with E-state index < -0.39 is 12.1 Å². The van der Waals surface area contributed by atoms with Crippen molar-refractivity contribution in [3.05, 3.63) is 35.7 Å². The van der Waals surface area contributed by atoms with Crippen LogP contribution in [0.25, 0.3) is 0 Å². The molecular weight excluding hydrogens is 405 g/mol. The number of carbonyl (C=O) groups excluding carboxylic acids is 1. The number of aryl methyl sites for hydroxylation is 2. The minimum Gasteiger partial charge on any atom is -0.475 e. The van der Waals surface area contributed by atoms with Gasteiger partial charge in [0.15, 0.2) is 0 Å². The quantitative estimate of drug-likeness (QED) is 0.760. The van der Waals surface area contributed by atoms with Crippen LogP contribution in [0.3, 0.4) is 0 Å². The molecule has 0 saturated heterocycles. The van der Waals surface area contributed by atoms with Gasteiger partial charge in [0, 0.05) is 51.5 Å². The number of hydrogen-bond donors (Lipinski definition) is 2. The number of amides is 1. The van der Waals surface area contributed by atoms with Crippen molar-refractivity contribution in [2.75, 3.05) is 6.54 Å². The van der Waals surface area contributed by atoms with Crippen molar-refractivity contribution in [1.29, 1.82) is 0 Å². The standard InChI is InChI=1S/C16H24N6O.C2HF3O2/c1-11(2)19-16(23)13-8-22(7-12-5-18-21(4)6-12)9-14-15(13)20(3)10-17-14;3-2(4,5)1(6)7/h5-6,10-11,13H,7-9H2,1-4H3,(H,19,23);(H,6,7). The van der Waals surface area contributed by atoms with E-state index in [1.807, 2.05) is 44.9 Å². The Bertz CT molecular complexity index is 890. The lowest BCUT2D eigenvalue weighted by atomic mass is 9.96. The zero-order chi connectivity index (χ0) is 22.6. The predicted molar refractivity (Wildman–Crippen MR) is 100 cm³/mol. The first-order valence-corrected chi connectivity index (χ1v) is 9.19. The molecule has 3 heterocycles. The molecule has 12 heteroatoms. The second kappa shape index (κ2) is 9.28. The highest BCUT2D eigenvalue weighted by atomic mass is 19.4. The van der Waals surface area contributed by atoms with E-state index in [-0.39, 0.29) is 17.9 Å². The molecule has 2 aromatic heterocycles. The summed E-state index contributed by atoms with van der Waals surface area (Å²) in [5, 5.41) is 14.4. The summed E-state index contributed by atoms with van der Waals surface area (Å²) in [7, 11) is 3.87. The number of aromatic nitrogens is 4. The Hall–Kier alpha value is -2.89. The highest BCUT2D eigenvalue weighted by molar-refractivity contribution is 5.84. The largest absolute Gasteiger partial charge is 0.490 e. The third-order valence-corrected chi connectivity index (χ3v) is 4.36. The minimum atomic E-state index is -5.08. The monoisotopic (exact) mass is 430 g/mol. The fraction of sp³-hybridized carbons (Fsp3) is 0.556. The number of nitrogens with one attached hydrogen (secondary N) is 1. The maximum absolute atomic E-state index is 12.6. The SMILES string of the molecule is CC(C)NC(=O)C1CN(Cc2cnn(C)c2)Cc2ncn(C)c21.O=C(O)C(F)(F)F. The topological polar surface area (TPSA) is 105 Å². The van der Waals surface area contributed by atoms with E-state index in [1.165, 1.54) is 0 Å². The molecule has 3 rings (SSSR count). The van der Waals surface area contributed by atoms with Crippen molar-refractivity contribution < 1.29 is 27.9 Å². The van der Waals surface area contributed by atoms with E-state index in [0.29, 0.717) is 6.54 Å². The maximum Gasteiger partial charge on any atom is 0.490 e. The van der Waals surface area contributed by atoms with E-state index in [2.05, 4.69) is 20.3 Å². The van der Waals surface area contributed by atoms with E-state index in [1.54, 1.807) is 11.0 Å². The molecule has 2 N–H and O–H groups in total. The molecule has 0 fully saturated rings. The summed E-state index contributed by atoms with van der Waals surface area (Å²) >= 11 is 0. The van der Waals surface area contributed by atoms with Crippen LogP contribution in [0.1, 0.15) is 36.7 Å². The van der Waals surface area contributed by atoms with Crippen molar-refractivity contribution in [3.8, 4) is 0 Å². The minimum absolute atomic E-state index is 0.0701. The Morgan fingerprint density at radius 1 is 1.33 bits per heavy atom. The van der Waals surface area contributed by atoms with Crippen LogP contribution in [0.4, 0.5) is 13.2 Å². The van der Waals surface area contributed by atoms with Crippen molar-refractivity contribution >= 4 is 11.9 Å². The highest BCUT2D eigenvalue weighted by Gasteiger charge is 2.38. The number of carboxylic acid groups (broad SMARTS) is 1. The normalized spacial score (nSPS) is 16.6. The molecule has 0 spiro atoms. The molecule has 0 aliphatic carbocycles. The van der Waals surface area contributed by atoms with Gasteiger partial charge >= 0.3 is 12.1 Å². The summed E-state index contributed by atoms with van der Waals surface area (Å²) in [6.07, 6.45) is 0.599. The smallest absolute Gasteiger partial charge is 0.475 e. The van der Waals surface area contributed by atoms with Crippen LogP contribution in [0, 0.1) is 0 Å². The van der Waals surface area contributed by atoms with Gasteiger partial charge in [-0.2, -0.15) is 18.3 Å². The molecule has 1 amide bonds. The number of hydrogen-bond acceptors (Lipinski definition) is 5. The van der Waals surface area contributed by atoms with Gasteiger partial charge in [0.1, 0.15) is 0 Å². The fourth-order valence-corrected chi connectivity index (χ4v) is 3.20. The Morgan fingerprint density at radius 2 is 1.97 bits per heavy atom. The predicted octanol–water partition coefficient (Wildman–Crippen LogP) is 1.41. The first-order valence-electron chi connectivity index (χ1n) is 9.19. The van der Waals surface area contributed by atoms with Crippen LogP contribution in [-0.4, -0.2) is 60.0 Å². The molecule has 0 aromatic carbocycles. The molecule has 30 heavy (non-hydrogen) atoms. The van der Waals surface area contributed by atoms with Crippen molar-refractivity contribution in [1.82, 2.24) is 29.5 Å². The second-order valence-electron chi connectivity index (χ2n) is 7.40. The number of imidazole rings is 1. The molecule has 0 radical (unpaired) electrons. The summed E-state index contributed by atoms with van der Waals surface area (Å²) in [4.78, 5) is 28.3. The van der Waals surface area contributed by atoms with Crippen LogP contribution >= 0.6 is 0 Å². The van der Waals surface area contributed by atoms with Crippen molar-refractivity contribution in [2.45, 2.75) is 45.1 Å². The van der Waals surface area contributed by atoms with Gasteiger partial charge in [-0.05, 0) is 13.8 Å². The average Bonchev–Trinajstić information content (AvgIpc) is 3.19. The van der Waals surface area contributed by atoms with Crippen LogP contribution in [0.2, 0.25) is 0 Å². The number of alkyl halides is 3. The lowest BCUT2D eigenvalue weighted by Crippen LogP contribution is -2.43. The van der Waals surface area contributed by atoms with Gasteiger partial charge in [-0.1, -0.05) is 0 Å². The number of carbonyl (C=O) groups is 2. The molecular formula is C18H25F3N6O3. The Morgan fingerprint density at radius 3 is 2.47 bits per heavy atom. The van der Waals surface area contributed by atoms with Gasteiger partial charge in [0.2, 0.25) is 5.91 Å². The van der Waals surface area contributed by atoms with Crippen LogP contribution < -0.4 is 5.32 Å². The number of carboxylic acids is 1.